The third-order valence-electron chi connectivity index (χ3n) is 3.03. The Kier molecular flexibility index (Phi) is 3.26. The van der Waals surface area contributed by atoms with E-state index in [0.717, 1.165) is 5.69 Å². The predicted molar refractivity (Wildman–Crippen MR) is 79.1 cm³/mol. The molecular weight excluding hydrogens is 271 g/mol. The molecule has 3 aromatic rings. The normalized spacial score (nSPS) is 13.8. The Bertz CT molecular complexity index is 754. The topological polar surface area (TPSA) is 55.1 Å². The van der Waals surface area contributed by atoms with Crippen LogP contribution in [0.1, 0.15) is 0 Å². The molecule has 1 aromatic heterocycles. The molecule has 0 amide bonds. The lowest BCUT2D eigenvalue weighted by atomic mass is 10.3. The van der Waals surface area contributed by atoms with Crippen LogP contribution in [-0.4, -0.2) is 14.4 Å². The van der Waals surface area contributed by atoms with Gasteiger partial charge in [-0.25, -0.2) is 4.98 Å². The molecule has 1 atom stereocenters. The lowest BCUT2D eigenvalue weighted by Gasteiger charge is -2.13. The van der Waals surface area contributed by atoms with Crippen LogP contribution in [-0.2, 0) is 4.57 Å². The minimum Gasteiger partial charge on any atom is -0.336 e. The molecule has 0 spiro atoms. The van der Waals surface area contributed by atoms with E-state index < -0.39 is 7.37 Å². The van der Waals surface area contributed by atoms with Crippen LogP contribution >= 0.6 is 7.37 Å². The quantitative estimate of drug-likeness (QED) is 0.749. The third-order valence-corrected chi connectivity index (χ3v) is 4.90. The minimum atomic E-state index is -3.70. The molecule has 0 saturated heterocycles. The highest BCUT2D eigenvalue weighted by Gasteiger charge is 2.29. The fraction of sp³-hybridized carbons (Fsp3) is 0. The van der Waals surface area contributed by atoms with Gasteiger partial charge in [0.2, 0.25) is 5.57 Å². The van der Waals surface area contributed by atoms with E-state index in [9.17, 15) is 9.46 Å². The summed E-state index contributed by atoms with van der Waals surface area (Å²) in [5.41, 5.74) is 0.972. The van der Waals surface area contributed by atoms with Crippen LogP contribution in [0.2, 0.25) is 0 Å². The summed E-state index contributed by atoms with van der Waals surface area (Å²) in [6.45, 7) is 0. The SMILES string of the molecule is O=P(O)(c1ccccc1)c1nccn1-c1ccccc1. The van der Waals surface area contributed by atoms with Crippen LogP contribution in [0, 0.1) is 0 Å². The monoisotopic (exact) mass is 284 g/mol. The highest BCUT2D eigenvalue weighted by molar-refractivity contribution is 7.73. The average molecular weight is 284 g/mol. The molecule has 0 fully saturated rings. The Hall–Kier alpha value is -2.16. The summed E-state index contributed by atoms with van der Waals surface area (Å²) < 4.78 is 14.4. The van der Waals surface area contributed by atoms with Gasteiger partial charge in [0.25, 0.3) is 7.37 Å². The largest absolute Gasteiger partial charge is 0.336 e. The number of nitrogens with zero attached hydrogens (tertiary/aromatic N) is 2. The molecular formula is C15H13N2O2P. The predicted octanol–water partition coefficient (Wildman–Crippen LogP) is 2.09. The molecule has 2 aromatic carbocycles. The van der Waals surface area contributed by atoms with Crippen molar-refractivity contribution in [2.75, 3.05) is 0 Å². The van der Waals surface area contributed by atoms with Gasteiger partial charge in [0.15, 0.2) is 0 Å². The van der Waals surface area contributed by atoms with Gasteiger partial charge >= 0.3 is 0 Å². The maximum atomic E-state index is 12.7. The van der Waals surface area contributed by atoms with Gasteiger partial charge in [-0.05, 0) is 24.3 Å². The highest BCUT2D eigenvalue weighted by atomic mass is 31.2. The fourth-order valence-corrected chi connectivity index (χ4v) is 3.56. The van der Waals surface area contributed by atoms with E-state index in [4.69, 9.17) is 0 Å². The van der Waals surface area contributed by atoms with Crippen LogP contribution in [0.25, 0.3) is 5.69 Å². The number of hydrogen-bond donors (Lipinski definition) is 1. The maximum Gasteiger partial charge on any atom is 0.293 e. The van der Waals surface area contributed by atoms with Crippen molar-refractivity contribution in [1.29, 1.82) is 0 Å². The molecule has 0 aliphatic rings. The van der Waals surface area contributed by atoms with Crippen LogP contribution in [0.3, 0.4) is 0 Å². The first kappa shape index (κ1) is 12.9. The Morgan fingerprint density at radius 3 is 2.20 bits per heavy atom. The van der Waals surface area contributed by atoms with Gasteiger partial charge in [0.05, 0.1) is 0 Å². The second-order valence-corrected chi connectivity index (χ2v) is 6.41. The molecule has 0 aliphatic heterocycles. The Balaban J connectivity index is 2.13. The second kappa shape index (κ2) is 5.08. The van der Waals surface area contributed by atoms with Crippen molar-refractivity contribution in [1.82, 2.24) is 9.55 Å². The van der Waals surface area contributed by atoms with Crippen molar-refractivity contribution in [3.05, 3.63) is 73.1 Å². The van der Waals surface area contributed by atoms with Crippen LogP contribution in [0.15, 0.2) is 73.1 Å². The molecule has 0 radical (unpaired) electrons. The number of imidazole rings is 1. The zero-order valence-electron chi connectivity index (χ0n) is 10.6. The summed E-state index contributed by atoms with van der Waals surface area (Å²) in [5, 5.41) is 0.378. The Morgan fingerprint density at radius 2 is 1.55 bits per heavy atom. The smallest absolute Gasteiger partial charge is 0.293 e. The second-order valence-electron chi connectivity index (χ2n) is 4.34. The minimum absolute atomic E-state index is 0.162. The summed E-state index contributed by atoms with van der Waals surface area (Å²) >= 11 is 0. The molecule has 1 N–H and O–H groups in total. The first-order valence-corrected chi connectivity index (χ1v) is 7.83. The van der Waals surface area contributed by atoms with Gasteiger partial charge in [0.1, 0.15) is 0 Å². The highest BCUT2D eigenvalue weighted by Crippen LogP contribution is 2.37. The zero-order chi connectivity index (χ0) is 14.0. The van der Waals surface area contributed by atoms with E-state index in [1.54, 1.807) is 35.0 Å². The summed E-state index contributed by atoms with van der Waals surface area (Å²) in [6, 6.07) is 18.0. The van der Waals surface area contributed by atoms with Crippen molar-refractivity contribution < 1.29 is 9.46 Å². The van der Waals surface area contributed by atoms with E-state index in [2.05, 4.69) is 4.98 Å². The van der Waals surface area contributed by atoms with E-state index in [1.165, 1.54) is 6.20 Å². The summed E-state index contributed by atoms with van der Waals surface area (Å²) in [4.78, 5) is 14.6. The van der Waals surface area contributed by atoms with Crippen LogP contribution in [0.4, 0.5) is 0 Å². The van der Waals surface area contributed by atoms with E-state index in [1.807, 2.05) is 36.4 Å². The molecule has 3 rings (SSSR count). The number of hydrogen-bond acceptors (Lipinski definition) is 2. The van der Waals surface area contributed by atoms with Crippen LogP contribution in [0.5, 0.6) is 0 Å². The average Bonchev–Trinajstić information content (AvgIpc) is 2.99. The number of rotatable bonds is 3. The molecule has 0 bridgehead atoms. The summed E-state index contributed by atoms with van der Waals surface area (Å²) in [5.74, 6) is 0. The first-order chi connectivity index (χ1) is 9.69. The van der Waals surface area contributed by atoms with E-state index >= 15 is 0 Å². The summed E-state index contributed by atoms with van der Waals surface area (Å²) in [7, 11) is -3.70. The molecule has 1 heterocycles. The van der Waals surface area contributed by atoms with Gasteiger partial charge < -0.3 is 4.89 Å². The fourth-order valence-electron chi connectivity index (χ4n) is 2.06. The number of para-hydroxylation sites is 1. The van der Waals surface area contributed by atoms with Crippen LogP contribution < -0.4 is 10.9 Å². The summed E-state index contributed by atoms with van der Waals surface area (Å²) in [6.07, 6.45) is 3.23. The van der Waals surface area contributed by atoms with E-state index in [-0.39, 0.29) is 5.57 Å². The molecule has 5 heteroatoms. The van der Waals surface area contributed by atoms with Gasteiger partial charge in [-0.3, -0.25) is 9.13 Å². The zero-order valence-corrected chi connectivity index (χ0v) is 11.5. The molecule has 0 aliphatic carbocycles. The maximum absolute atomic E-state index is 12.7. The van der Waals surface area contributed by atoms with Crippen molar-refractivity contribution in [3.63, 3.8) is 0 Å². The van der Waals surface area contributed by atoms with Crippen molar-refractivity contribution in [2.45, 2.75) is 0 Å². The van der Waals surface area contributed by atoms with E-state index in [0.29, 0.717) is 5.30 Å². The third kappa shape index (κ3) is 2.20. The Morgan fingerprint density at radius 1 is 0.950 bits per heavy atom. The molecule has 100 valence electrons. The van der Waals surface area contributed by atoms with Crippen molar-refractivity contribution >= 4 is 18.2 Å². The van der Waals surface area contributed by atoms with Crippen molar-refractivity contribution in [2.24, 2.45) is 0 Å². The molecule has 4 nitrogen and oxygen atoms in total. The Labute approximate surface area is 116 Å². The van der Waals surface area contributed by atoms with Gasteiger partial charge in [0, 0.05) is 23.4 Å². The first-order valence-electron chi connectivity index (χ1n) is 6.17. The molecule has 0 saturated carbocycles. The van der Waals surface area contributed by atoms with Crippen molar-refractivity contribution in [3.8, 4) is 5.69 Å². The standard InChI is InChI=1S/C15H13N2O2P/c18-20(19,14-9-5-2-6-10-14)15-16-11-12-17(15)13-7-3-1-4-8-13/h1-12H,(H,18,19). The lowest BCUT2D eigenvalue weighted by Crippen LogP contribution is -2.24. The van der Waals surface area contributed by atoms with Gasteiger partial charge in [-0.2, -0.15) is 0 Å². The van der Waals surface area contributed by atoms with Gasteiger partial charge in [-0.1, -0.05) is 36.4 Å². The number of benzene rings is 2. The van der Waals surface area contributed by atoms with Gasteiger partial charge in [-0.15, -0.1) is 0 Å². The number of aromatic nitrogens is 2. The molecule has 1 unspecified atom stereocenters. The lowest BCUT2D eigenvalue weighted by molar-refractivity contribution is 0.498. The molecule has 20 heavy (non-hydrogen) atoms.